The minimum atomic E-state index is -0.462. The van der Waals surface area contributed by atoms with Crippen LogP contribution in [-0.2, 0) is 9.47 Å². The fourth-order valence-electron chi connectivity index (χ4n) is 10.3. The van der Waals surface area contributed by atoms with Gasteiger partial charge in [0.1, 0.15) is 0 Å². The molecular weight excluding hydrogens is 388 g/mol. The van der Waals surface area contributed by atoms with Gasteiger partial charge in [0.2, 0.25) is 0 Å². The Balaban J connectivity index is 1.30. The van der Waals surface area contributed by atoms with Gasteiger partial charge in [-0.05, 0) is 91.8 Å². The number of hydrogen-bond donors (Lipinski definition) is 2. The molecule has 4 heteroatoms. The number of rotatable bonds is 0. The van der Waals surface area contributed by atoms with Crippen LogP contribution in [0.3, 0.4) is 0 Å². The van der Waals surface area contributed by atoms with Gasteiger partial charge in [-0.25, -0.2) is 0 Å². The van der Waals surface area contributed by atoms with Gasteiger partial charge in [0, 0.05) is 18.3 Å². The maximum atomic E-state index is 11.8. The predicted molar refractivity (Wildman–Crippen MR) is 119 cm³/mol. The molecule has 13 atom stereocenters. The molecule has 0 bridgehead atoms. The van der Waals surface area contributed by atoms with E-state index in [4.69, 9.17) is 9.47 Å². The molecule has 6 rings (SSSR count). The summed E-state index contributed by atoms with van der Waals surface area (Å²) >= 11 is 0. The third-order valence-corrected chi connectivity index (χ3v) is 11.9. The second kappa shape index (κ2) is 6.93. The van der Waals surface area contributed by atoms with Crippen molar-refractivity contribution in [3.8, 4) is 0 Å². The molecule has 0 aromatic heterocycles. The monoisotopic (exact) mass is 432 g/mol. The van der Waals surface area contributed by atoms with E-state index in [-0.39, 0.29) is 23.7 Å². The third kappa shape index (κ3) is 2.74. The summed E-state index contributed by atoms with van der Waals surface area (Å²) < 4.78 is 13.2. The second-order valence-electron chi connectivity index (χ2n) is 13.2. The highest BCUT2D eigenvalue weighted by molar-refractivity contribution is 5.18. The van der Waals surface area contributed by atoms with Crippen LogP contribution in [0.5, 0.6) is 0 Å². The van der Waals surface area contributed by atoms with Crippen molar-refractivity contribution in [2.24, 2.45) is 52.3 Å². The average Bonchev–Trinajstić information content (AvgIpc) is 3.14. The maximum Gasteiger partial charge on any atom is 0.171 e. The lowest BCUT2D eigenvalue weighted by molar-refractivity contribution is -0.282. The summed E-state index contributed by atoms with van der Waals surface area (Å²) in [6, 6.07) is 0. The molecule has 2 N–H and O–H groups in total. The lowest BCUT2D eigenvalue weighted by Crippen LogP contribution is -2.56. The van der Waals surface area contributed by atoms with E-state index in [2.05, 4.69) is 27.7 Å². The van der Waals surface area contributed by atoms with E-state index < -0.39 is 5.79 Å². The Labute approximate surface area is 188 Å². The number of aliphatic hydroxyl groups is 2. The normalized spacial score (nSPS) is 63.3. The highest BCUT2D eigenvalue weighted by atomic mass is 16.7. The number of ether oxygens (including phenoxy) is 2. The topological polar surface area (TPSA) is 58.9 Å². The van der Waals surface area contributed by atoms with Crippen LogP contribution in [0.4, 0.5) is 0 Å². The van der Waals surface area contributed by atoms with E-state index >= 15 is 0 Å². The first-order chi connectivity index (χ1) is 14.7. The van der Waals surface area contributed by atoms with Gasteiger partial charge in [-0.2, -0.15) is 0 Å². The Hall–Kier alpha value is -0.160. The fourth-order valence-corrected chi connectivity index (χ4v) is 10.3. The molecule has 0 unspecified atom stereocenters. The summed E-state index contributed by atoms with van der Waals surface area (Å²) in [7, 11) is 0. The molecule has 0 amide bonds. The van der Waals surface area contributed by atoms with E-state index in [1.165, 1.54) is 25.7 Å². The highest BCUT2D eigenvalue weighted by Gasteiger charge is 2.72. The fraction of sp³-hybridized carbons (Fsp3) is 1.00. The van der Waals surface area contributed by atoms with Crippen LogP contribution in [0.15, 0.2) is 0 Å². The predicted octanol–water partition coefficient (Wildman–Crippen LogP) is 4.76. The summed E-state index contributed by atoms with van der Waals surface area (Å²) in [6.45, 7) is 10.4. The minimum absolute atomic E-state index is 0.0594. The Morgan fingerprint density at radius 3 is 2.35 bits per heavy atom. The van der Waals surface area contributed by atoms with Crippen LogP contribution in [0.1, 0.15) is 85.5 Å². The van der Waals surface area contributed by atoms with Crippen LogP contribution in [-0.4, -0.2) is 40.9 Å². The minimum Gasteiger partial charge on any atom is -0.393 e. The Morgan fingerprint density at radius 1 is 0.839 bits per heavy atom. The standard InChI is InChI=1S/C27H44O4/c1-15-7-12-27(30-14-15)16(2)21-24(31-27)23(29)22-19-6-5-17-13-18(28)8-10-25(17,3)20(19)9-11-26(21,22)4/h15-24,28-29H,5-14H2,1-4H3/t15-,16+,17+,18+,19-,20+,21+,22-,23+,24-,25+,26-,27-/m1/s1. The van der Waals surface area contributed by atoms with Crippen molar-refractivity contribution in [3.05, 3.63) is 0 Å². The van der Waals surface area contributed by atoms with E-state index in [1.807, 2.05) is 0 Å². The molecule has 0 radical (unpaired) electrons. The molecule has 2 saturated heterocycles. The SMILES string of the molecule is C[C@@H]1CC[C@@]2(OC1)O[C@H]1[C@@H](O)[C@H]3[C@@H]4CC[C@H]5C[C@@H](O)CC[C@]5(C)[C@H]4CC[C@]3(C)[C@H]1[C@@H]2C. The average molecular weight is 433 g/mol. The molecule has 4 saturated carbocycles. The van der Waals surface area contributed by atoms with Gasteiger partial charge >= 0.3 is 0 Å². The van der Waals surface area contributed by atoms with Gasteiger partial charge in [-0.15, -0.1) is 0 Å². The summed E-state index contributed by atoms with van der Waals surface area (Å²) in [6.07, 6.45) is 9.69. The maximum absolute atomic E-state index is 11.8. The molecule has 4 nitrogen and oxygen atoms in total. The molecule has 31 heavy (non-hydrogen) atoms. The summed E-state index contributed by atoms with van der Waals surface area (Å²) in [5.41, 5.74) is 0.495. The molecule has 4 aliphatic carbocycles. The molecule has 1 spiro atoms. The van der Waals surface area contributed by atoms with Crippen molar-refractivity contribution in [1.29, 1.82) is 0 Å². The molecular formula is C27H44O4. The number of fused-ring (bicyclic) bond motifs is 7. The lowest BCUT2D eigenvalue weighted by Gasteiger charge is -2.61. The van der Waals surface area contributed by atoms with Crippen molar-refractivity contribution in [3.63, 3.8) is 0 Å². The van der Waals surface area contributed by atoms with Gasteiger partial charge < -0.3 is 19.7 Å². The van der Waals surface area contributed by atoms with Crippen LogP contribution in [0.2, 0.25) is 0 Å². The van der Waals surface area contributed by atoms with Crippen LogP contribution < -0.4 is 0 Å². The first-order valence-corrected chi connectivity index (χ1v) is 13.4. The van der Waals surface area contributed by atoms with Crippen LogP contribution in [0, 0.1) is 52.3 Å². The van der Waals surface area contributed by atoms with Crippen molar-refractivity contribution in [2.75, 3.05) is 6.61 Å². The Bertz CT molecular complexity index is 716. The van der Waals surface area contributed by atoms with Gasteiger partial charge in [0.05, 0.1) is 24.9 Å². The van der Waals surface area contributed by atoms with Gasteiger partial charge in [-0.1, -0.05) is 27.7 Å². The Kier molecular flexibility index (Phi) is 4.78. The second-order valence-corrected chi connectivity index (χ2v) is 13.2. The molecule has 0 aromatic carbocycles. The third-order valence-electron chi connectivity index (χ3n) is 11.9. The summed E-state index contributed by atoms with van der Waals surface area (Å²) in [4.78, 5) is 0. The molecule has 0 aromatic rings. The van der Waals surface area contributed by atoms with Crippen molar-refractivity contribution in [2.45, 2.75) is 110 Å². The van der Waals surface area contributed by atoms with E-state index in [0.717, 1.165) is 38.7 Å². The molecule has 2 aliphatic heterocycles. The first-order valence-electron chi connectivity index (χ1n) is 13.4. The van der Waals surface area contributed by atoms with E-state index in [0.29, 0.717) is 46.8 Å². The lowest BCUT2D eigenvalue weighted by atomic mass is 9.44. The van der Waals surface area contributed by atoms with Crippen LogP contribution in [0.25, 0.3) is 0 Å². The number of aliphatic hydroxyl groups excluding tert-OH is 2. The van der Waals surface area contributed by atoms with Crippen molar-refractivity contribution >= 4 is 0 Å². The zero-order valence-corrected chi connectivity index (χ0v) is 20.1. The van der Waals surface area contributed by atoms with Crippen molar-refractivity contribution in [1.82, 2.24) is 0 Å². The highest BCUT2D eigenvalue weighted by Crippen LogP contribution is 2.71. The molecule has 2 heterocycles. The van der Waals surface area contributed by atoms with E-state index in [1.54, 1.807) is 0 Å². The number of hydrogen-bond acceptors (Lipinski definition) is 4. The smallest absolute Gasteiger partial charge is 0.171 e. The van der Waals surface area contributed by atoms with Gasteiger partial charge in [-0.3, -0.25) is 0 Å². The molecule has 176 valence electrons. The molecule has 6 aliphatic rings. The van der Waals surface area contributed by atoms with Gasteiger partial charge in [0.25, 0.3) is 0 Å². The van der Waals surface area contributed by atoms with E-state index in [9.17, 15) is 10.2 Å². The summed E-state index contributed by atoms with van der Waals surface area (Å²) in [5, 5.41) is 22.1. The van der Waals surface area contributed by atoms with Crippen molar-refractivity contribution < 1.29 is 19.7 Å². The molecule has 6 fully saturated rings. The van der Waals surface area contributed by atoms with Gasteiger partial charge in [0.15, 0.2) is 5.79 Å². The zero-order valence-electron chi connectivity index (χ0n) is 20.1. The largest absolute Gasteiger partial charge is 0.393 e. The van der Waals surface area contributed by atoms with Crippen LogP contribution >= 0.6 is 0 Å². The summed E-state index contributed by atoms with van der Waals surface area (Å²) in [5.74, 6) is 3.22. The zero-order chi connectivity index (χ0) is 21.8. The Morgan fingerprint density at radius 2 is 1.61 bits per heavy atom. The quantitative estimate of drug-likeness (QED) is 0.579. The first kappa shape index (κ1) is 21.4.